The van der Waals surface area contributed by atoms with E-state index < -0.39 is 0 Å². The first kappa shape index (κ1) is 13.8. The van der Waals surface area contributed by atoms with E-state index in [9.17, 15) is 0 Å². The molecule has 0 aliphatic heterocycles. The van der Waals surface area contributed by atoms with Crippen LogP contribution in [0.2, 0.25) is 5.02 Å². The van der Waals surface area contributed by atoms with Crippen molar-refractivity contribution < 1.29 is 4.74 Å². The number of aryl methyl sites for hydroxylation is 1. The maximum atomic E-state index is 6.13. The Labute approximate surface area is 128 Å². The van der Waals surface area contributed by atoms with Crippen LogP contribution in [0.1, 0.15) is 12.5 Å². The molecule has 4 heteroatoms. The Morgan fingerprint density at radius 2 is 2.00 bits per heavy atom. The zero-order chi connectivity index (χ0) is 14.8. The van der Waals surface area contributed by atoms with Gasteiger partial charge in [-0.25, -0.2) is 0 Å². The summed E-state index contributed by atoms with van der Waals surface area (Å²) in [5.74, 6) is 0.759. The van der Waals surface area contributed by atoms with Gasteiger partial charge in [0.2, 0.25) is 0 Å². The highest BCUT2D eigenvalue weighted by molar-refractivity contribution is 6.30. The summed E-state index contributed by atoms with van der Waals surface area (Å²) >= 11 is 5.97. The average Bonchev–Trinajstić information content (AvgIpc) is 2.85. The number of rotatable bonds is 4. The molecule has 108 valence electrons. The largest absolute Gasteiger partial charge is 0.489 e. The van der Waals surface area contributed by atoms with E-state index >= 15 is 0 Å². The number of hydrogen-bond donors (Lipinski definition) is 1. The van der Waals surface area contributed by atoms with Crippen molar-refractivity contribution in [2.75, 3.05) is 5.73 Å². The molecule has 0 bridgehead atoms. The standard InChI is InChI=1S/C17H17ClN2O/c1-2-20-10-12(17-15(19)7-4-8-16(17)20)11-21-14-6-3-5-13(18)9-14/h3-10H,2,11,19H2,1H3. The van der Waals surface area contributed by atoms with Crippen molar-refractivity contribution in [1.29, 1.82) is 0 Å². The summed E-state index contributed by atoms with van der Waals surface area (Å²) in [6.07, 6.45) is 2.10. The van der Waals surface area contributed by atoms with Gasteiger partial charge in [-0.15, -0.1) is 0 Å². The van der Waals surface area contributed by atoms with Gasteiger partial charge in [0.05, 0.1) is 5.52 Å². The number of nitrogen functional groups attached to an aromatic ring is 1. The van der Waals surface area contributed by atoms with Gasteiger partial charge in [0.15, 0.2) is 0 Å². The van der Waals surface area contributed by atoms with Gasteiger partial charge < -0.3 is 15.0 Å². The van der Waals surface area contributed by atoms with Crippen molar-refractivity contribution in [2.45, 2.75) is 20.1 Å². The van der Waals surface area contributed by atoms with Crippen LogP contribution in [-0.4, -0.2) is 4.57 Å². The lowest BCUT2D eigenvalue weighted by Crippen LogP contribution is -1.96. The zero-order valence-electron chi connectivity index (χ0n) is 11.8. The molecule has 0 amide bonds. The normalized spacial score (nSPS) is 11.0. The molecule has 0 atom stereocenters. The van der Waals surface area contributed by atoms with Crippen LogP contribution in [0, 0.1) is 0 Å². The molecular weight excluding hydrogens is 284 g/mol. The van der Waals surface area contributed by atoms with Gasteiger partial charge in [0, 0.05) is 34.4 Å². The molecule has 0 aliphatic carbocycles. The Morgan fingerprint density at radius 3 is 2.76 bits per heavy atom. The molecule has 21 heavy (non-hydrogen) atoms. The van der Waals surface area contributed by atoms with Gasteiger partial charge in [-0.2, -0.15) is 0 Å². The quantitative estimate of drug-likeness (QED) is 0.722. The van der Waals surface area contributed by atoms with Gasteiger partial charge in [0.25, 0.3) is 0 Å². The van der Waals surface area contributed by atoms with Gasteiger partial charge >= 0.3 is 0 Å². The lowest BCUT2D eigenvalue weighted by Gasteiger charge is -2.06. The highest BCUT2D eigenvalue weighted by Gasteiger charge is 2.11. The molecule has 3 rings (SSSR count). The molecule has 2 aromatic carbocycles. The number of anilines is 1. The zero-order valence-corrected chi connectivity index (χ0v) is 12.6. The number of aromatic nitrogens is 1. The van der Waals surface area contributed by atoms with E-state index in [4.69, 9.17) is 22.1 Å². The summed E-state index contributed by atoms with van der Waals surface area (Å²) < 4.78 is 8.02. The summed E-state index contributed by atoms with van der Waals surface area (Å²) in [6.45, 7) is 3.49. The van der Waals surface area contributed by atoms with Crippen LogP contribution in [0.25, 0.3) is 10.9 Å². The second kappa shape index (κ2) is 5.70. The number of ether oxygens (including phenoxy) is 1. The highest BCUT2D eigenvalue weighted by Crippen LogP contribution is 2.28. The van der Waals surface area contributed by atoms with Crippen LogP contribution in [0.3, 0.4) is 0 Å². The van der Waals surface area contributed by atoms with E-state index in [0.717, 1.165) is 34.4 Å². The van der Waals surface area contributed by atoms with Gasteiger partial charge in [0.1, 0.15) is 12.4 Å². The van der Waals surface area contributed by atoms with E-state index in [-0.39, 0.29) is 0 Å². The van der Waals surface area contributed by atoms with E-state index in [1.807, 2.05) is 36.4 Å². The fourth-order valence-corrected chi connectivity index (χ4v) is 2.74. The third-order valence-corrected chi connectivity index (χ3v) is 3.78. The molecule has 0 spiro atoms. The lowest BCUT2D eigenvalue weighted by molar-refractivity contribution is 0.307. The Balaban J connectivity index is 1.94. The Kier molecular flexibility index (Phi) is 3.76. The Hall–Kier alpha value is -2.13. The van der Waals surface area contributed by atoms with Crippen molar-refractivity contribution in [1.82, 2.24) is 4.57 Å². The molecule has 3 nitrogen and oxygen atoms in total. The van der Waals surface area contributed by atoms with Crippen molar-refractivity contribution in [3.63, 3.8) is 0 Å². The first-order valence-electron chi connectivity index (χ1n) is 6.93. The molecule has 0 aliphatic rings. The van der Waals surface area contributed by atoms with Crippen molar-refractivity contribution >= 4 is 28.2 Å². The SMILES string of the molecule is CCn1cc(COc2cccc(Cl)c2)c2c(N)cccc21. The predicted molar refractivity (Wildman–Crippen MR) is 87.8 cm³/mol. The lowest BCUT2D eigenvalue weighted by atomic mass is 10.1. The molecule has 2 N–H and O–H groups in total. The van der Waals surface area contributed by atoms with E-state index in [2.05, 4.69) is 23.8 Å². The molecule has 3 aromatic rings. The number of fused-ring (bicyclic) bond motifs is 1. The molecule has 0 radical (unpaired) electrons. The summed E-state index contributed by atoms with van der Waals surface area (Å²) in [5, 5.41) is 1.74. The second-order valence-electron chi connectivity index (χ2n) is 4.93. The minimum absolute atomic E-state index is 0.470. The summed E-state index contributed by atoms with van der Waals surface area (Å²) in [6, 6.07) is 13.4. The first-order chi connectivity index (χ1) is 10.2. The summed E-state index contributed by atoms with van der Waals surface area (Å²) in [5.41, 5.74) is 9.14. The van der Waals surface area contributed by atoms with Crippen molar-refractivity contribution in [2.24, 2.45) is 0 Å². The molecule has 1 heterocycles. The fraction of sp³-hybridized carbons (Fsp3) is 0.176. The average molecular weight is 301 g/mol. The molecule has 0 saturated carbocycles. The van der Waals surface area contributed by atoms with E-state index in [1.165, 1.54) is 0 Å². The van der Waals surface area contributed by atoms with Crippen LogP contribution in [-0.2, 0) is 13.2 Å². The number of benzene rings is 2. The molecule has 0 saturated heterocycles. The van der Waals surface area contributed by atoms with Crippen LogP contribution in [0.15, 0.2) is 48.7 Å². The number of nitrogens with two attached hydrogens (primary N) is 1. The van der Waals surface area contributed by atoms with Crippen LogP contribution < -0.4 is 10.5 Å². The van der Waals surface area contributed by atoms with Crippen molar-refractivity contribution in [3.05, 3.63) is 59.2 Å². The number of nitrogens with zero attached hydrogens (tertiary/aromatic N) is 1. The second-order valence-corrected chi connectivity index (χ2v) is 5.36. The summed E-state index contributed by atoms with van der Waals surface area (Å²) in [7, 11) is 0. The molecule has 0 unspecified atom stereocenters. The highest BCUT2D eigenvalue weighted by atomic mass is 35.5. The van der Waals surface area contributed by atoms with Crippen LogP contribution >= 0.6 is 11.6 Å². The van der Waals surface area contributed by atoms with Crippen LogP contribution in [0.4, 0.5) is 5.69 Å². The number of halogens is 1. The van der Waals surface area contributed by atoms with E-state index in [1.54, 1.807) is 0 Å². The third-order valence-electron chi connectivity index (χ3n) is 3.55. The Bertz CT molecular complexity index is 780. The minimum atomic E-state index is 0.470. The fourth-order valence-electron chi connectivity index (χ4n) is 2.56. The Morgan fingerprint density at radius 1 is 1.19 bits per heavy atom. The van der Waals surface area contributed by atoms with Gasteiger partial charge in [-0.3, -0.25) is 0 Å². The monoisotopic (exact) mass is 300 g/mol. The first-order valence-corrected chi connectivity index (χ1v) is 7.31. The number of hydrogen-bond acceptors (Lipinski definition) is 2. The third kappa shape index (κ3) is 2.69. The summed E-state index contributed by atoms with van der Waals surface area (Å²) in [4.78, 5) is 0. The van der Waals surface area contributed by atoms with Gasteiger partial charge in [-0.05, 0) is 37.3 Å². The van der Waals surface area contributed by atoms with E-state index in [0.29, 0.717) is 11.6 Å². The molecular formula is C17H17ClN2O. The molecule has 1 aromatic heterocycles. The van der Waals surface area contributed by atoms with Crippen molar-refractivity contribution in [3.8, 4) is 5.75 Å². The smallest absolute Gasteiger partial charge is 0.121 e. The van der Waals surface area contributed by atoms with Crippen LogP contribution in [0.5, 0.6) is 5.75 Å². The molecule has 0 fully saturated rings. The maximum Gasteiger partial charge on any atom is 0.121 e. The van der Waals surface area contributed by atoms with Gasteiger partial charge in [-0.1, -0.05) is 23.7 Å². The predicted octanol–water partition coefficient (Wildman–Crippen LogP) is 4.48. The topological polar surface area (TPSA) is 40.2 Å². The maximum absolute atomic E-state index is 6.13. The minimum Gasteiger partial charge on any atom is -0.489 e.